The van der Waals surface area contributed by atoms with Gasteiger partial charge in [-0.1, -0.05) is 30.2 Å². The predicted octanol–water partition coefficient (Wildman–Crippen LogP) is 6.78. The fourth-order valence-corrected chi connectivity index (χ4v) is 3.61. The molecule has 0 radical (unpaired) electrons. The van der Waals surface area contributed by atoms with E-state index in [4.69, 9.17) is 21.1 Å². The molecule has 0 bridgehead atoms. The van der Waals surface area contributed by atoms with Gasteiger partial charge in [-0.05, 0) is 75.1 Å². The molecule has 2 aromatic carbocycles. The Bertz CT molecular complexity index is 1050. The van der Waals surface area contributed by atoms with Crippen LogP contribution in [0.15, 0.2) is 48.7 Å². The van der Waals surface area contributed by atoms with Crippen molar-refractivity contribution >= 4 is 28.8 Å². The fraction of sp³-hybridized carbons (Fsp3) is 0.483. The molecule has 3 aromatic rings. The summed E-state index contributed by atoms with van der Waals surface area (Å²) in [4.78, 5) is 10.3. The first-order valence-corrected chi connectivity index (χ1v) is 12.9. The molecule has 0 aliphatic rings. The van der Waals surface area contributed by atoms with Crippen LogP contribution < -0.4 is 5.32 Å². The van der Waals surface area contributed by atoms with Crippen molar-refractivity contribution in [2.24, 2.45) is 0 Å². The molecule has 0 saturated carbocycles. The SMILES string of the molecule is COC(C)(C)C.O=CCCCCCOCCNCc1cc(F)cc2c1ccn2Cc1ccc(Cl)cc1. The Morgan fingerprint density at radius 1 is 1.06 bits per heavy atom. The summed E-state index contributed by atoms with van der Waals surface area (Å²) in [5.74, 6) is -0.234. The lowest BCUT2D eigenvalue weighted by Crippen LogP contribution is -2.19. The van der Waals surface area contributed by atoms with Gasteiger partial charge < -0.3 is 24.2 Å². The van der Waals surface area contributed by atoms with Crippen molar-refractivity contribution in [3.8, 4) is 0 Å². The average molecular weight is 519 g/mol. The minimum Gasteiger partial charge on any atom is -0.380 e. The highest BCUT2D eigenvalue weighted by molar-refractivity contribution is 6.30. The molecule has 0 fully saturated rings. The smallest absolute Gasteiger partial charge is 0.125 e. The van der Waals surface area contributed by atoms with Crippen LogP contribution in [0.5, 0.6) is 0 Å². The van der Waals surface area contributed by atoms with Crippen LogP contribution in [-0.2, 0) is 27.4 Å². The highest BCUT2D eigenvalue weighted by atomic mass is 35.5. The number of nitrogens with one attached hydrogen (secondary N) is 1. The van der Waals surface area contributed by atoms with E-state index >= 15 is 0 Å². The number of rotatable bonds is 13. The number of methoxy groups -OCH3 is 1. The number of ether oxygens (including phenoxy) is 2. The van der Waals surface area contributed by atoms with E-state index in [2.05, 4.69) is 9.88 Å². The number of benzene rings is 2. The van der Waals surface area contributed by atoms with E-state index in [9.17, 15) is 9.18 Å². The van der Waals surface area contributed by atoms with Crippen LogP contribution in [0.2, 0.25) is 5.02 Å². The van der Waals surface area contributed by atoms with Crippen LogP contribution >= 0.6 is 11.6 Å². The third kappa shape index (κ3) is 11.2. The second-order valence-corrected chi connectivity index (χ2v) is 10.1. The van der Waals surface area contributed by atoms with E-state index in [0.717, 1.165) is 47.6 Å². The first-order valence-electron chi connectivity index (χ1n) is 12.5. The highest BCUT2D eigenvalue weighted by Gasteiger charge is 2.09. The molecule has 0 amide bonds. The number of carbonyl (C=O) groups is 1. The fourth-order valence-electron chi connectivity index (χ4n) is 3.48. The Morgan fingerprint density at radius 2 is 1.78 bits per heavy atom. The third-order valence-electron chi connectivity index (χ3n) is 5.67. The van der Waals surface area contributed by atoms with Crippen molar-refractivity contribution in [1.82, 2.24) is 9.88 Å². The van der Waals surface area contributed by atoms with Gasteiger partial charge in [-0.3, -0.25) is 0 Å². The van der Waals surface area contributed by atoms with E-state index in [1.165, 1.54) is 0 Å². The number of carbonyl (C=O) groups excluding carboxylic acids is 1. The summed E-state index contributed by atoms with van der Waals surface area (Å²) >= 11 is 5.96. The Labute approximate surface area is 219 Å². The second-order valence-electron chi connectivity index (χ2n) is 9.69. The van der Waals surface area contributed by atoms with Crippen LogP contribution in [0.4, 0.5) is 4.39 Å². The summed E-state index contributed by atoms with van der Waals surface area (Å²) in [6.45, 7) is 9.34. The van der Waals surface area contributed by atoms with Gasteiger partial charge >= 0.3 is 0 Å². The summed E-state index contributed by atoms with van der Waals surface area (Å²) in [5.41, 5.74) is 2.98. The molecule has 0 saturated heterocycles. The molecule has 36 heavy (non-hydrogen) atoms. The highest BCUT2D eigenvalue weighted by Crippen LogP contribution is 2.23. The molecule has 1 heterocycles. The van der Waals surface area contributed by atoms with Crippen molar-refractivity contribution < 1.29 is 18.7 Å². The lowest BCUT2D eigenvalue weighted by molar-refractivity contribution is -0.107. The van der Waals surface area contributed by atoms with E-state index in [0.29, 0.717) is 44.3 Å². The Morgan fingerprint density at radius 3 is 2.44 bits per heavy atom. The van der Waals surface area contributed by atoms with Crippen molar-refractivity contribution in [2.45, 2.75) is 65.1 Å². The topological polar surface area (TPSA) is 52.5 Å². The number of unbranched alkanes of at least 4 members (excludes halogenated alkanes) is 3. The molecule has 0 unspecified atom stereocenters. The van der Waals surface area contributed by atoms with Gasteiger partial charge in [-0.25, -0.2) is 4.39 Å². The molecular weight excluding hydrogens is 479 g/mol. The van der Waals surface area contributed by atoms with Crippen molar-refractivity contribution in [3.05, 3.63) is 70.6 Å². The zero-order chi connectivity index (χ0) is 26.4. The molecule has 0 atom stereocenters. The predicted molar refractivity (Wildman–Crippen MR) is 146 cm³/mol. The lowest BCUT2D eigenvalue weighted by atomic mass is 10.1. The molecule has 7 heteroatoms. The Hall–Kier alpha value is -2.25. The number of aromatic nitrogens is 1. The summed E-state index contributed by atoms with van der Waals surface area (Å²) < 4.78 is 26.8. The summed E-state index contributed by atoms with van der Waals surface area (Å²) in [5, 5.41) is 5.09. The summed E-state index contributed by atoms with van der Waals surface area (Å²) in [6.07, 6.45) is 6.50. The zero-order valence-electron chi connectivity index (χ0n) is 22.0. The molecule has 1 N–H and O–H groups in total. The number of hydrogen-bond donors (Lipinski definition) is 1. The first kappa shape index (κ1) is 30.0. The summed E-state index contributed by atoms with van der Waals surface area (Å²) in [6, 6.07) is 12.9. The molecule has 3 rings (SSSR count). The monoisotopic (exact) mass is 518 g/mol. The molecule has 198 valence electrons. The maximum atomic E-state index is 14.2. The van der Waals surface area contributed by atoms with E-state index in [1.807, 2.05) is 57.3 Å². The van der Waals surface area contributed by atoms with Crippen LogP contribution in [-0.4, -0.2) is 43.3 Å². The Kier molecular flexibility index (Phi) is 13.1. The van der Waals surface area contributed by atoms with E-state index in [1.54, 1.807) is 19.2 Å². The minimum atomic E-state index is -0.234. The van der Waals surface area contributed by atoms with Gasteiger partial charge in [0.1, 0.15) is 12.1 Å². The first-order chi connectivity index (χ1) is 17.2. The van der Waals surface area contributed by atoms with Crippen LogP contribution in [0.1, 0.15) is 57.6 Å². The number of nitrogens with zero attached hydrogens (tertiary/aromatic N) is 1. The molecule has 5 nitrogen and oxygen atoms in total. The summed E-state index contributed by atoms with van der Waals surface area (Å²) in [7, 11) is 1.71. The van der Waals surface area contributed by atoms with Crippen molar-refractivity contribution in [1.29, 1.82) is 0 Å². The molecule has 0 aliphatic heterocycles. The third-order valence-corrected chi connectivity index (χ3v) is 5.92. The number of hydrogen-bond acceptors (Lipinski definition) is 4. The van der Waals surface area contributed by atoms with Gasteiger partial charge in [0.2, 0.25) is 0 Å². The lowest BCUT2D eigenvalue weighted by Gasteiger charge is -2.14. The second kappa shape index (κ2) is 15.8. The van der Waals surface area contributed by atoms with E-state index in [-0.39, 0.29) is 11.4 Å². The van der Waals surface area contributed by atoms with Gasteiger partial charge in [0.25, 0.3) is 0 Å². The normalized spacial score (nSPS) is 11.4. The van der Waals surface area contributed by atoms with Gasteiger partial charge in [-0.2, -0.15) is 0 Å². The van der Waals surface area contributed by atoms with Crippen molar-refractivity contribution in [2.75, 3.05) is 26.9 Å². The van der Waals surface area contributed by atoms with Gasteiger partial charge in [0, 0.05) is 56.4 Å². The molecule has 0 spiro atoms. The number of aldehydes is 1. The average Bonchev–Trinajstić information content (AvgIpc) is 3.24. The number of fused-ring (bicyclic) bond motifs is 1. The molecular formula is C29H40ClFN2O3. The molecule has 1 aromatic heterocycles. The van der Waals surface area contributed by atoms with Crippen molar-refractivity contribution in [3.63, 3.8) is 0 Å². The minimum absolute atomic E-state index is 0.0417. The standard InChI is InChI=1S/C24H28ClFN2O2.C5H12O/c25-21-7-5-19(6-8-21)18-28-11-9-23-20(15-22(26)16-24(23)28)17-27-10-14-30-13-4-2-1-3-12-29;1-5(2,3)6-4/h5-9,11-12,15-16,27H,1-4,10,13-14,17-18H2;1-4H3. The van der Waals surface area contributed by atoms with Crippen LogP contribution in [0.25, 0.3) is 10.9 Å². The van der Waals surface area contributed by atoms with Gasteiger partial charge in [0.15, 0.2) is 0 Å². The molecule has 0 aliphatic carbocycles. The Balaban J connectivity index is 0.000000678. The largest absolute Gasteiger partial charge is 0.380 e. The van der Waals surface area contributed by atoms with Crippen LogP contribution in [0.3, 0.4) is 0 Å². The van der Waals surface area contributed by atoms with Crippen LogP contribution in [0, 0.1) is 5.82 Å². The maximum absolute atomic E-state index is 14.2. The number of halogens is 2. The quantitative estimate of drug-likeness (QED) is 0.200. The van der Waals surface area contributed by atoms with E-state index < -0.39 is 0 Å². The van der Waals surface area contributed by atoms with Gasteiger partial charge in [0.05, 0.1) is 17.7 Å². The van der Waals surface area contributed by atoms with Gasteiger partial charge in [-0.15, -0.1) is 0 Å². The zero-order valence-corrected chi connectivity index (χ0v) is 22.7. The maximum Gasteiger partial charge on any atom is 0.125 e.